The van der Waals surface area contributed by atoms with E-state index < -0.39 is 18.0 Å². The minimum atomic E-state index is -0.682. The molecule has 0 radical (unpaired) electrons. The Morgan fingerprint density at radius 1 is 1.58 bits per heavy atom. The molecule has 1 aliphatic rings. The number of thioether (sulfide) groups is 1. The van der Waals surface area contributed by atoms with Crippen LogP contribution in [0.25, 0.3) is 0 Å². The highest BCUT2D eigenvalue weighted by molar-refractivity contribution is 7.98. The van der Waals surface area contributed by atoms with Gasteiger partial charge in [0.1, 0.15) is 0 Å². The van der Waals surface area contributed by atoms with Crippen molar-refractivity contribution in [2.75, 3.05) is 18.6 Å². The van der Waals surface area contributed by atoms with Gasteiger partial charge in [0.2, 0.25) is 0 Å². The van der Waals surface area contributed by atoms with Crippen LogP contribution in [0.15, 0.2) is 0 Å². The van der Waals surface area contributed by atoms with Crippen LogP contribution in [-0.2, 0) is 19.1 Å². The van der Waals surface area contributed by atoms with Crippen molar-refractivity contribution in [3.63, 3.8) is 0 Å². The molecule has 5 heteroatoms. The van der Waals surface area contributed by atoms with Gasteiger partial charge in [-0.1, -0.05) is 0 Å². The van der Waals surface area contributed by atoms with Crippen molar-refractivity contribution in [1.82, 2.24) is 0 Å². The van der Waals surface area contributed by atoms with E-state index in [9.17, 15) is 9.59 Å². The molecule has 68 valence electrons. The predicted molar refractivity (Wildman–Crippen MR) is 43.8 cm³/mol. The number of cyclic esters (lactones) is 2. The van der Waals surface area contributed by atoms with Crippen molar-refractivity contribution >= 4 is 23.7 Å². The molecule has 0 aliphatic carbocycles. The fraction of sp³-hybridized carbons (Fsp3) is 0.714. The standard InChI is InChI=1S/C7H10O4S/c1-12-3-2-5-7(9)10-4-6(8)11-5/h5H,2-4H2,1H3. The fourth-order valence-corrected chi connectivity index (χ4v) is 1.32. The van der Waals surface area contributed by atoms with E-state index in [0.29, 0.717) is 6.42 Å². The maximum atomic E-state index is 10.9. The summed E-state index contributed by atoms with van der Waals surface area (Å²) in [7, 11) is 0. The summed E-state index contributed by atoms with van der Waals surface area (Å²) in [4.78, 5) is 21.6. The van der Waals surface area contributed by atoms with Crippen LogP contribution in [0.1, 0.15) is 6.42 Å². The normalized spacial score (nSPS) is 23.2. The molecule has 1 heterocycles. The quantitative estimate of drug-likeness (QED) is 0.595. The smallest absolute Gasteiger partial charge is 0.348 e. The molecular weight excluding hydrogens is 180 g/mol. The highest BCUT2D eigenvalue weighted by atomic mass is 32.2. The molecule has 0 aromatic carbocycles. The first-order valence-electron chi connectivity index (χ1n) is 3.59. The van der Waals surface area contributed by atoms with Crippen molar-refractivity contribution in [1.29, 1.82) is 0 Å². The first-order chi connectivity index (χ1) is 5.74. The average Bonchev–Trinajstić information content (AvgIpc) is 2.07. The lowest BCUT2D eigenvalue weighted by molar-refractivity contribution is -0.184. The molecule has 0 aromatic rings. The van der Waals surface area contributed by atoms with Gasteiger partial charge in [0.15, 0.2) is 12.7 Å². The molecule has 0 spiro atoms. The number of carbonyl (C=O) groups excluding carboxylic acids is 2. The third kappa shape index (κ3) is 2.41. The van der Waals surface area contributed by atoms with Gasteiger partial charge < -0.3 is 9.47 Å². The summed E-state index contributed by atoms with van der Waals surface area (Å²) in [6.07, 6.45) is 1.78. The summed E-state index contributed by atoms with van der Waals surface area (Å²) in [5, 5.41) is 0. The Morgan fingerprint density at radius 2 is 2.33 bits per heavy atom. The van der Waals surface area contributed by atoms with Crippen LogP contribution >= 0.6 is 11.8 Å². The molecule has 1 saturated heterocycles. The molecule has 0 amide bonds. The van der Waals surface area contributed by atoms with Crippen molar-refractivity contribution in [2.45, 2.75) is 12.5 Å². The summed E-state index contributed by atoms with van der Waals surface area (Å²) in [6, 6.07) is 0. The molecule has 1 fully saturated rings. The van der Waals surface area contributed by atoms with E-state index in [0.717, 1.165) is 5.75 Å². The van der Waals surface area contributed by atoms with Gasteiger partial charge >= 0.3 is 11.9 Å². The van der Waals surface area contributed by atoms with E-state index >= 15 is 0 Å². The monoisotopic (exact) mass is 190 g/mol. The number of ether oxygens (including phenoxy) is 2. The van der Waals surface area contributed by atoms with Gasteiger partial charge in [0.05, 0.1) is 0 Å². The number of esters is 2. The first-order valence-corrected chi connectivity index (χ1v) is 4.98. The third-order valence-electron chi connectivity index (χ3n) is 1.45. The van der Waals surface area contributed by atoms with Crippen LogP contribution in [0.2, 0.25) is 0 Å². The second-order valence-corrected chi connectivity index (χ2v) is 3.35. The second kappa shape index (κ2) is 4.35. The number of hydrogen-bond acceptors (Lipinski definition) is 5. The highest BCUT2D eigenvalue weighted by Crippen LogP contribution is 2.10. The van der Waals surface area contributed by atoms with Crippen molar-refractivity contribution in [3.05, 3.63) is 0 Å². The molecular formula is C7H10O4S. The third-order valence-corrected chi connectivity index (χ3v) is 2.10. The predicted octanol–water partition coefficient (Wildman–Crippen LogP) is 0.208. The van der Waals surface area contributed by atoms with Gasteiger partial charge in [-0.15, -0.1) is 0 Å². The Hall–Kier alpha value is -0.710. The molecule has 1 atom stereocenters. The van der Waals surface area contributed by atoms with Crippen LogP contribution in [0, 0.1) is 0 Å². The van der Waals surface area contributed by atoms with Gasteiger partial charge in [-0.3, -0.25) is 0 Å². The summed E-state index contributed by atoms with van der Waals surface area (Å²) < 4.78 is 9.35. The molecule has 0 aromatic heterocycles. The summed E-state index contributed by atoms with van der Waals surface area (Å²) in [6.45, 7) is -0.241. The van der Waals surface area contributed by atoms with Crippen molar-refractivity contribution < 1.29 is 19.1 Å². The second-order valence-electron chi connectivity index (χ2n) is 2.37. The molecule has 4 nitrogen and oxygen atoms in total. The Labute approximate surface area is 74.6 Å². The summed E-state index contributed by atoms with van der Waals surface area (Å²) in [5.74, 6) is -0.100. The molecule has 1 rings (SSSR count). The minimum absolute atomic E-state index is 0.241. The number of hydrogen-bond donors (Lipinski definition) is 0. The van der Waals surface area contributed by atoms with E-state index in [1.807, 2.05) is 6.26 Å². The van der Waals surface area contributed by atoms with E-state index in [4.69, 9.17) is 4.74 Å². The Kier molecular flexibility index (Phi) is 3.40. The molecule has 1 aliphatic heterocycles. The van der Waals surface area contributed by atoms with Gasteiger partial charge in [0.25, 0.3) is 0 Å². The molecule has 0 N–H and O–H groups in total. The largest absolute Gasteiger partial charge is 0.451 e. The summed E-state index contributed by atoms with van der Waals surface area (Å²) >= 11 is 1.60. The van der Waals surface area contributed by atoms with Gasteiger partial charge in [-0.25, -0.2) is 9.59 Å². The Bertz CT molecular complexity index is 192. The zero-order chi connectivity index (χ0) is 8.97. The van der Waals surface area contributed by atoms with E-state index in [1.54, 1.807) is 11.8 Å². The SMILES string of the molecule is CSCCC1OC(=O)COC1=O. The molecule has 12 heavy (non-hydrogen) atoms. The molecule has 0 saturated carbocycles. The molecule has 1 unspecified atom stereocenters. The van der Waals surface area contributed by atoms with Crippen LogP contribution in [-0.4, -0.2) is 36.7 Å². The lowest BCUT2D eigenvalue weighted by Crippen LogP contribution is -2.37. The summed E-state index contributed by atoms with van der Waals surface area (Å²) in [5.41, 5.74) is 0. The molecule has 0 bridgehead atoms. The van der Waals surface area contributed by atoms with Gasteiger partial charge in [-0.05, 0) is 12.0 Å². The van der Waals surface area contributed by atoms with E-state index in [-0.39, 0.29) is 6.61 Å². The van der Waals surface area contributed by atoms with Gasteiger partial charge in [0, 0.05) is 6.42 Å². The minimum Gasteiger partial charge on any atom is -0.451 e. The fourth-order valence-electron chi connectivity index (χ4n) is 0.865. The Balaban J connectivity index is 2.38. The highest BCUT2D eigenvalue weighted by Gasteiger charge is 2.29. The maximum Gasteiger partial charge on any atom is 0.348 e. The van der Waals surface area contributed by atoms with Crippen LogP contribution < -0.4 is 0 Å². The van der Waals surface area contributed by atoms with E-state index in [1.165, 1.54) is 0 Å². The maximum absolute atomic E-state index is 10.9. The number of rotatable bonds is 3. The topological polar surface area (TPSA) is 52.6 Å². The number of carbonyl (C=O) groups is 2. The average molecular weight is 190 g/mol. The van der Waals surface area contributed by atoms with Gasteiger partial charge in [-0.2, -0.15) is 11.8 Å². The zero-order valence-corrected chi connectivity index (χ0v) is 7.56. The van der Waals surface area contributed by atoms with Crippen LogP contribution in [0.4, 0.5) is 0 Å². The zero-order valence-electron chi connectivity index (χ0n) is 6.74. The van der Waals surface area contributed by atoms with Crippen molar-refractivity contribution in [3.8, 4) is 0 Å². The van der Waals surface area contributed by atoms with Crippen LogP contribution in [0.3, 0.4) is 0 Å². The van der Waals surface area contributed by atoms with Crippen LogP contribution in [0.5, 0.6) is 0 Å². The Morgan fingerprint density at radius 3 is 3.00 bits per heavy atom. The lowest BCUT2D eigenvalue weighted by atomic mass is 10.2. The van der Waals surface area contributed by atoms with Crippen molar-refractivity contribution in [2.24, 2.45) is 0 Å². The van der Waals surface area contributed by atoms with E-state index in [2.05, 4.69) is 4.74 Å². The first kappa shape index (κ1) is 9.38. The lowest BCUT2D eigenvalue weighted by Gasteiger charge is -2.20.